The highest BCUT2D eigenvalue weighted by atomic mass is 14.9. The van der Waals surface area contributed by atoms with E-state index in [4.69, 9.17) is 5.73 Å². The molecule has 0 saturated heterocycles. The second kappa shape index (κ2) is 4.83. The van der Waals surface area contributed by atoms with Gasteiger partial charge in [-0.3, -0.25) is 0 Å². The third-order valence-electron chi connectivity index (χ3n) is 2.75. The molecular weight excluding hydrogens is 148 g/mol. The molecule has 1 fully saturated rings. The summed E-state index contributed by atoms with van der Waals surface area (Å²) in [4.78, 5) is 0. The first-order chi connectivity index (χ1) is 5.72. The molecule has 0 spiro atoms. The van der Waals surface area contributed by atoms with Gasteiger partial charge < -0.3 is 11.1 Å². The van der Waals surface area contributed by atoms with Crippen LogP contribution >= 0.6 is 0 Å². The van der Waals surface area contributed by atoms with E-state index in [-0.39, 0.29) is 0 Å². The van der Waals surface area contributed by atoms with Crippen LogP contribution in [-0.2, 0) is 0 Å². The Bertz CT molecular complexity index is 115. The van der Waals surface area contributed by atoms with Gasteiger partial charge >= 0.3 is 0 Å². The largest absolute Gasteiger partial charge is 0.330 e. The van der Waals surface area contributed by atoms with Crippen molar-refractivity contribution in [3.63, 3.8) is 0 Å². The van der Waals surface area contributed by atoms with Gasteiger partial charge in [-0.25, -0.2) is 0 Å². The number of nitrogens with two attached hydrogens (primary N) is 1. The molecule has 0 heterocycles. The molecule has 1 saturated carbocycles. The Morgan fingerprint density at radius 3 is 2.25 bits per heavy atom. The Kier molecular flexibility index (Phi) is 4.02. The number of rotatable bonds is 3. The van der Waals surface area contributed by atoms with Crippen LogP contribution in [0.3, 0.4) is 0 Å². The fourth-order valence-electron chi connectivity index (χ4n) is 2.04. The molecule has 0 amide bonds. The summed E-state index contributed by atoms with van der Waals surface area (Å²) in [5.74, 6) is 0.801. The van der Waals surface area contributed by atoms with Gasteiger partial charge in [0.25, 0.3) is 0 Å². The quantitative estimate of drug-likeness (QED) is 0.673. The Balaban J connectivity index is 2.17. The first-order valence-electron chi connectivity index (χ1n) is 5.18. The van der Waals surface area contributed by atoms with Crippen molar-refractivity contribution in [2.45, 2.75) is 51.6 Å². The van der Waals surface area contributed by atoms with Crippen molar-refractivity contribution in [3.8, 4) is 0 Å². The molecule has 0 aromatic rings. The Hall–Kier alpha value is -0.0800. The summed E-state index contributed by atoms with van der Waals surface area (Å²) in [6, 6.07) is 1.39. The van der Waals surface area contributed by atoms with E-state index in [1.807, 2.05) is 0 Å². The average molecular weight is 170 g/mol. The highest BCUT2D eigenvalue weighted by molar-refractivity contribution is 4.78. The van der Waals surface area contributed by atoms with Crippen LogP contribution in [-0.4, -0.2) is 18.6 Å². The van der Waals surface area contributed by atoms with Gasteiger partial charge in [0.1, 0.15) is 0 Å². The van der Waals surface area contributed by atoms with Crippen molar-refractivity contribution in [3.05, 3.63) is 0 Å². The first kappa shape index (κ1) is 10.0. The summed E-state index contributed by atoms with van der Waals surface area (Å²) < 4.78 is 0. The number of nitrogens with one attached hydrogen (secondary N) is 1. The molecule has 72 valence electrons. The van der Waals surface area contributed by atoms with Crippen LogP contribution in [0.25, 0.3) is 0 Å². The highest BCUT2D eigenvalue weighted by Gasteiger charge is 2.19. The van der Waals surface area contributed by atoms with Crippen molar-refractivity contribution in [1.82, 2.24) is 5.32 Å². The topological polar surface area (TPSA) is 38.0 Å². The smallest absolute Gasteiger partial charge is 0.00696 e. The lowest BCUT2D eigenvalue weighted by molar-refractivity contribution is 0.285. The van der Waals surface area contributed by atoms with E-state index < -0.39 is 0 Å². The van der Waals surface area contributed by atoms with Crippen molar-refractivity contribution < 1.29 is 0 Å². The van der Waals surface area contributed by atoms with Gasteiger partial charge in [0.15, 0.2) is 0 Å². The lowest BCUT2D eigenvalue weighted by Crippen LogP contribution is -2.38. The highest BCUT2D eigenvalue weighted by Crippen LogP contribution is 2.23. The summed E-state index contributed by atoms with van der Waals surface area (Å²) in [6.45, 7) is 5.32. The third kappa shape index (κ3) is 3.11. The van der Waals surface area contributed by atoms with Gasteiger partial charge in [-0.05, 0) is 38.1 Å². The fraction of sp³-hybridized carbons (Fsp3) is 1.00. The van der Waals surface area contributed by atoms with E-state index in [0.717, 1.165) is 18.5 Å². The second-order valence-corrected chi connectivity index (χ2v) is 4.27. The minimum absolute atomic E-state index is 0.629. The zero-order valence-electron chi connectivity index (χ0n) is 8.34. The van der Waals surface area contributed by atoms with Crippen LogP contribution in [0, 0.1) is 5.92 Å². The van der Waals surface area contributed by atoms with Gasteiger partial charge in [0.05, 0.1) is 0 Å². The molecule has 0 aromatic carbocycles. The van der Waals surface area contributed by atoms with Crippen LogP contribution in [0.2, 0.25) is 0 Å². The molecule has 0 unspecified atom stereocenters. The molecule has 0 bridgehead atoms. The van der Waals surface area contributed by atoms with Crippen LogP contribution < -0.4 is 11.1 Å². The molecule has 0 aliphatic heterocycles. The maximum Gasteiger partial charge on any atom is 0.00696 e. The van der Waals surface area contributed by atoms with Gasteiger partial charge in [-0.15, -0.1) is 0 Å². The molecule has 2 nitrogen and oxygen atoms in total. The standard InChI is InChI=1S/C10H22N2/c1-8(2)12-10-5-3-9(7-11)4-6-10/h8-10,12H,3-7,11H2,1-2H3/t9-,10-. The van der Waals surface area contributed by atoms with E-state index in [9.17, 15) is 0 Å². The van der Waals surface area contributed by atoms with Crippen molar-refractivity contribution >= 4 is 0 Å². The molecular formula is C10H22N2. The van der Waals surface area contributed by atoms with Gasteiger partial charge in [0, 0.05) is 12.1 Å². The number of hydrogen-bond acceptors (Lipinski definition) is 2. The Morgan fingerprint density at radius 2 is 1.83 bits per heavy atom. The lowest BCUT2D eigenvalue weighted by atomic mass is 9.86. The maximum absolute atomic E-state index is 5.63. The summed E-state index contributed by atoms with van der Waals surface area (Å²) in [5, 5.41) is 3.59. The maximum atomic E-state index is 5.63. The molecule has 12 heavy (non-hydrogen) atoms. The summed E-state index contributed by atoms with van der Waals surface area (Å²) in [6.07, 6.45) is 5.28. The minimum Gasteiger partial charge on any atom is -0.330 e. The van der Waals surface area contributed by atoms with Crippen molar-refractivity contribution in [2.24, 2.45) is 11.7 Å². The summed E-state index contributed by atoms with van der Waals surface area (Å²) >= 11 is 0. The molecule has 3 N–H and O–H groups in total. The molecule has 0 radical (unpaired) electrons. The predicted octanol–water partition coefficient (Wildman–Crippen LogP) is 1.50. The first-order valence-corrected chi connectivity index (χ1v) is 5.18. The summed E-state index contributed by atoms with van der Waals surface area (Å²) in [5.41, 5.74) is 5.63. The van der Waals surface area contributed by atoms with E-state index in [0.29, 0.717) is 6.04 Å². The van der Waals surface area contributed by atoms with E-state index in [2.05, 4.69) is 19.2 Å². The predicted molar refractivity (Wildman–Crippen MR) is 53.1 cm³/mol. The van der Waals surface area contributed by atoms with Crippen molar-refractivity contribution in [1.29, 1.82) is 0 Å². The Morgan fingerprint density at radius 1 is 1.25 bits per heavy atom. The molecule has 1 rings (SSSR count). The second-order valence-electron chi connectivity index (χ2n) is 4.27. The molecule has 0 aromatic heterocycles. The zero-order valence-corrected chi connectivity index (χ0v) is 8.34. The summed E-state index contributed by atoms with van der Waals surface area (Å²) in [7, 11) is 0. The van der Waals surface area contributed by atoms with Gasteiger partial charge in [0.2, 0.25) is 0 Å². The normalized spacial score (nSPS) is 31.0. The molecule has 2 heteroatoms. The zero-order chi connectivity index (χ0) is 8.97. The van der Waals surface area contributed by atoms with Crippen LogP contribution in [0.4, 0.5) is 0 Å². The lowest BCUT2D eigenvalue weighted by Gasteiger charge is -2.29. The van der Waals surface area contributed by atoms with E-state index in [1.165, 1.54) is 25.7 Å². The van der Waals surface area contributed by atoms with E-state index in [1.54, 1.807) is 0 Å². The third-order valence-corrected chi connectivity index (χ3v) is 2.75. The molecule has 1 aliphatic rings. The van der Waals surface area contributed by atoms with Crippen LogP contribution in [0.15, 0.2) is 0 Å². The van der Waals surface area contributed by atoms with E-state index >= 15 is 0 Å². The average Bonchev–Trinajstić information content (AvgIpc) is 2.05. The van der Waals surface area contributed by atoms with Crippen molar-refractivity contribution in [2.75, 3.05) is 6.54 Å². The molecule has 1 aliphatic carbocycles. The molecule has 0 atom stereocenters. The Labute approximate surface area is 75.9 Å². The van der Waals surface area contributed by atoms with Gasteiger partial charge in [-0.2, -0.15) is 0 Å². The fourth-order valence-corrected chi connectivity index (χ4v) is 2.04. The number of hydrogen-bond donors (Lipinski definition) is 2. The van der Waals surface area contributed by atoms with Gasteiger partial charge in [-0.1, -0.05) is 13.8 Å². The SMILES string of the molecule is CC(C)N[C@H]1CC[C@H](CN)CC1. The van der Waals surface area contributed by atoms with Crippen LogP contribution in [0.5, 0.6) is 0 Å². The minimum atomic E-state index is 0.629. The van der Waals surface area contributed by atoms with Crippen LogP contribution in [0.1, 0.15) is 39.5 Å². The monoisotopic (exact) mass is 170 g/mol.